The van der Waals surface area contributed by atoms with Gasteiger partial charge in [-0.15, -0.1) is 15.3 Å². The number of nitrogens with one attached hydrogen (secondary N) is 1. The van der Waals surface area contributed by atoms with Gasteiger partial charge in [-0.05, 0) is 29.2 Å². The van der Waals surface area contributed by atoms with Gasteiger partial charge in [-0.25, -0.2) is 0 Å². The van der Waals surface area contributed by atoms with E-state index in [1.54, 1.807) is 17.1 Å². The first-order valence-electron chi connectivity index (χ1n) is 6.78. The number of aromatic nitrogens is 4. The molecule has 0 radical (unpaired) electrons. The highest BCUT2D eigenvalue weighted by Gasteiger charge is 1.99. The Morgan fingerprint density at radius 2 is 1.95 bits per heavy atom. The number of hydrogen-bond acceptors (Lipinski definition) is 5. The van der Waals surface area contributed by atoms with Gasteiger partial charge in [-0.2, -0.15) is 9.62 Å². The van der Waals surface area contributed by atoms with Crippen LogP contribution in [0.5, 0.6) is 0 Å². The van der Waals surface area contributed by atoms with E-state index in [4.69, 9.17) is 0 Å². The van der Waals surface area contributed by atoms with Crippen LogP contribution in [0.15, 0.2) is 47.8 Å². The van der Waals surface area contributed by atoms with Crippen molar-refractivity contribution in [2.45, 2.75) is 19.8 Å². The highest BCUT2D eigenvalue weighted by Crippen LogP contribution is 2.14. The van der Waals surface area contributed by atoms with E-state index in [0.29, 0.717) is 17.4 Å². The predicted octanol–water partition coefficient (Wildman–Crippen LogP) is 2.69. The zero-order valence-electron chi connectivity index (χ0n) is 11.9. The third-order valence-electron chi connectivity index (χ3n) is 3.16. The molecular weight excluding hydrogens is 264 g/mol. The van der Waals surface area contributed by atoms with Crippen molar-refractivity contribution in [3.05, 3.63) is 53.9 Å². The highest BCUT2D eigenvalue weighted by molar-refractivity contribution is 5.80. The average molecular weight is 280 g/mol. The molecule has 0 aliphatic rings. The quantitative estimate of drug-likeness (QED) is 0.589. The van der Waals surface area contributed by atoms with Crippen molar-refractivity contribution in [2.75, 3.05) is 5.43 Å². The van der Waals surface area contributed by atoms with Crippen LogP contribution in [0.2, 0.25) is 0 Å². The van der Waals surface area contributed by atoms with Crippen molar-refractivity contribution in [2.24, 2.45) is 5.10 Å². The van der Waals surface area contributed by atoms with Gasteiger partial charge in [0.25, 0.3) is 0 Å². The van der Waals surface area contributed by atoms with E-state index >= 15 is 0 Å². The Labute approximate surface area is 122 Å². The lowest BCUT2D eigenvalue weighted by atomic mass is 10.0. The van der Waals surface area contributed by atoms with Crippen LogP contribution in [0.3, 0.4) is 0 Å². The topological polar surface area (TPSA) is 67.5 Å². The molecule has 1 N–H and O–H groups in total. The van der Waals surface area contributed by atoms with Crippen molar-refractivity contribution in [1.29, 1.82) is 0 Å². The third-order valence-corrected chi connectivity index (χ3v) is 3.16. The fraction of sp³-hybridized carbons (Fsp3) is 0.200. The summed E-state index contributed by atoms with van der Waals surface area (Å²) in [4.78, 5) is 0. The van der Waals surface area contributed by atoms with E-state index in [-0.39, 0.29) is 0 Å². The number of hydrogen-bond donors (Lipinski definition) is 1. The number of anilines is 1. The van der Waals surface area contributed by atoms with Gasteiger partial charge in [0.15, 0.2) is 11.5 Å². The van der Waals surface area contributed by atoms with E-state index in [1.165, 1.54) is 5.56 Å². The minimum Gasteiger partial charge on any atom is -0.260 e. The van der Waals surface area contributed by atoms with Crippen LogP contribution in [0.25, 0.3) is 5.65 Å². The van der Waals surface area contributed by atoms with Crippen LogP contribution in [-0.4, -0.2) is 26.0 Å². The molecule has 0 unspecified atom stereocenters. The van der Waals surface area contributed by atoms with Crippen LogP contribution in [0.4, 0.5) is 5.82 Å². The van der Waals surface area contributed by atoms with Crippen molar-refractivity contribution in [1.82, 2.24) is 19.8 Å². The largest absolute Gasteiger partial charge is 0.260 e. The number of nitrogens with zero attached hydrogens (tertiary/aromatic N) is 5. The minimum atomic E-state index is 0.536. The van der Waals surface area contributed by atoms with Gasteiger partial charge in [-0.3, -0.25) is 5.43 Å². The van der Waals surface area contributed by atoms with Gasteiger partial charge >= 0.3 is 0 Å². The molecule has 3 aromatic rings. The van der Waals surface area contributed by atoms with Gasteiger partial charge in [0.1, 0.15) is 6.33 Å². The summed E-state index contributed by atoms with van der Waals surface area (Å²) in [5, 5.41) is 16.1. The predicted molar refractivity (Wildman–Crippen MR) is 82.5 cm³/mol. The first-order chi connectivity index (χ1) is 10.2. The van der Waals surface area contributed by atoms with E-state index in [2.05, 4.69) is 63.9 Å². The zero-order chi connectivity index (χ0) is 14.7. The first-order valence-corrected chi connectivity index (χ1v) is 6.78. The zero-order valence-corrected chi connectivity index (χ0v) is 11.9. The fourth-order valence-electron chi connectivity index (χ4n) is 1.93. The molecule has 6 heteroatoms. The Hall–Kier alpha value is -2.76. The molecule has 2 aromatic heterocycles. The highest BCUT2D eigenvalue weighted by atomic mass is 15.4. The van der Waals surface area contributed by atoms with E-state index in [1.807, 2.05) is 12.1 Å². The molecule has 0 spiro atoms. The number of fused-ring (bicyclic) bond motifs is 1. The van der Waals surface area contributed by atoms with Crippen LogP contribution < -0.4 is 5.43 Å². The molecule has 0 fully saturated rings. The van der Waals surface area contributed by atoms with Crippen molar-refractivity contribution in [3.63, 3.8) is 0 Å². The molecule has 106 valence electrons. The summed E-state index contributed by atoms with van der Waals surface area (Å²) in [5.74, 6) is 1.17. The molecular formula is C15H16N6. The summed E-state index contributed by atoms with van der Waals surface area (Å²) in [6, 6.07) is 12.0. The molecule has 0 aliphatic carbocycles. The molecule has 0 saturated carbocycles. The minimum absolute atomic E-state index is 0.536. The molecule has 0 amide bonds. The second-order valence-electron chi connectivity index (χ2n) is 5.04. The lowest BCUT2D eigenvalue weighted by Gasteiger charge is -2.04. The molecule has 0 atom stereocenters. The maximum Gasteiger partial charge on any atom is 0.177 e. The van der Waals surface area contributed by atoms with Crippen LogP contribution in [0.1, 0.15) is 30.9 Å². The molecule has 3 rings (SSSR count). The smallest absolute Gasteiger partial charge is 0.177 e. The maximum absolute atomic E-state index is 4.27. The first kappa shape index (κ1) is 13.2. The van der Waals surface area contributed by atoms with E-state index in [0.717, 1.165) is 5.56 Å². The SMILES string of the molecule is CC(C)c1ccc(C=NNc2ccc3nncn3n2)cc1. The summed E-state index contributed by atoms with van der Waals surface area (Å²) in [7, 11) is 0. The summed E-state index contributed by atoms with van der Waals surface area (Å²) < 4.78 is 1.59. The molecule has 6 nitrogen and oxygen atoms in total. The van der Waals surface area contributed by atoms with E-state index in [9.17, 15) is 0 Å². The molecule has 0 aliphatic heterocycles. The monoisotopic (exact) mass is 280 g/mol. The van der Waals surface area contributed by atoms with Crippen molar-refractivity contribution in [3.8, 4) is 0 Å². The summed E-state index contributed by atoms with van der Waals surface area (Å²) in [6.07, 6.45) is 3.32. The second-order valence-corrected chi connectivity index (χ2v) is 5.04. The number of hydrazone groups is 1. The normalized spacial score (nSPS) is 11.6. The van der Waals surface area contributed by atoms with Crippen molar-refractivity contribution >= 4 is 17.7 Å². The van der Waals surface area contributed by atoms with Gasteiger partial charge < -0.3 is 0 Å². The Morgan fingerprint density at radius 1 is 1.14 bits per heavy atom. The van der Waals surface area contributed by atoms with Crippen molar-refractivity contribution < 1.29 is 0 Å². The Balaban J connectivity index is 1.68. The standard InChI is InChI=1S/C15H16N6/c1-11(2)13-5-3-12(4-6-13)9-16-18-14-7-8-15-19-17-10-21(15)20-14/h3-11H,1-2H3,(H,18,20). The maximum atomic E-state index is 4.27. The Morgan fingerprint density at radius 3 is 2.71 bits per heavy atom. The van der Waals surface area contributed by atoms with Gasteiger partial charge in [0, 0.05) is 0 Å². The lowest BCUT2D eigenvalue weighted by molar-refractivity contribution is 0.866. The molecule has 1 aromatic carbocycles. The molecule has 0 saturated heterocycles. The summed E-state index contributed by atoms with van der Waals surface area (Å²) >= 11 is 0. The third kappa shape index (κ3) is 3.05. The molecule has 0 bridgehead atoms. The second kappa shape index (κ2) is 5.70. The Bertz CT molecular complexity index is 757. The Kier molecular flexibility index (Phi) is 3.59. The van der Waals surface area contributed by atoms with Gasteiger partial charge in [0.05, 0.1) is 6.21 Å². The number of benzene rings is 1. The fourth-order valence-corrected chi connectivity index (χ4v) is 1.93. The van der Waals surface area contributed by atoms with Crippen LogP contribution in [0, 0.1) is 0 Å². The van der Waals surface area contributed by atoms with Crippen LogP contribution in [-0.2, 0) is 0 Å². The average Bonchev–Trinajstić information content (AvgIpc) is 2.95. The molecule has 21 heavy (non-hydrogen) atoms. The molecule has 2 heterocycles. The summed E-state index contributed by atoms with van der Waals surface area (Å²) in [5.41, 5.74) is 5.96. The van der Waals surface area contributed by atoms with Crippen LogP contribution >= 0.6 is 0 Å². The lowest BCUT2D eigenvalue weighted by Crippen LogP contribution is -1.98. The van der Waals surface area contributed by atoms with Gasteiger partial charge in [-0.1, -0.05) is 38.1 Å². The number of rotatable bonds is 4. The van der Waals surface area contributed by atoms with Gasteiger partial charge in [0.2, 0.25) is 0 Å². The summed E-state index contributed by atoms with van der Waals surface area (Å²) in [6.45, 7) is 4.36. The van der Waals surface area contributed by atoms with E-state index < -0.39 is 0 Å².